The number of carbonyl (C=O) groups excluding carboxylic acids is 1. The predicted octanol–water partition coefficient (Wildman–Crippen LogP) is 1.21. The number of rotatable bonds is 6. The van der Waals surface area contributed by atoms with Gasteiger partial charge < -0.3 is 11.1 Å². The zero-order chi connectivity index (χ0) is 13.7. The highest BCUT2D eigenvalue weighted by Gasteiger charge is 2.30. The number of likely N-dealkylation sites (tertiary alicyclic amines) is 1. The van der Waals surface area contributed by atoms with Gasteiger partial charge in [0.1, 0.15) is 0 Å². The van der Waals surface area contributed by atoms with Crippen LogP contribution in [0.1, 0.15) is 40.5 Å². The monoisotopic (exact) mass is 255 g/mol. The average Bonchev–Trinajstić information content (AvgIpc) is 2.76. The Kier molecular flexibility index (Phi) is 6.09. The van der Waals surface area contributed by atoms with Crippen LogP contribution in [0.4, 0.5) is 0 Å². The van der Waals surface area contributed by atoms with Crippen LogP contribution in [-0.2, 0) is 4.79 Å². The van der Waals surface area contributed by atoms with Crippen LogP contribution in [0, 0.1) is 11.8 Å². The van der Waals surface area contributed by atoms with Gasteiger partial charge in [-0.15, -0.1) is 0 Å². The summed E-state index contributed by atoms with van der Waals surface area (Å²) >= 11 is 0. The van der Waals surface area contributed by atoms with E-state index in [1.165, 1.54) is 0 Å². The van der Waals surface area contributed by atoms with Gasteiger partial charge in [-0.1, -0.05) is 13.8 Å². The first-order valence-corrected chi connectivity index (χ1v) is 7.19. The molecule has 18 heavy (non-hydrogen) atoms. The first-order valence-electron chi connectivity index (χ1n) is 7.19. The summed E-state index contributed by atoms with van der Waals surface area (Å²) in [5.74, 6) is 1.33. The quantitative estimate of drug-likeness (QED) is 0.750. The molecule has 0 saturated carbocycles. The topological polar surface area (TPSA) is 58.4 Å². The summed E-state index contributed by atoms with van der Waals surface area (Å²) in [4.78, 5) is 14.3. The minimum atomic E-state index is -0.0269. The van der Waals surface area contributed by atoms with Crippen LogP contribution in [0.3, 0.4) is 0 Å². The molecule has 0 aromatic heterocycles. The van der Waals surface area contributed by atoms with E-state index in [1.54, 1.807) is 0 Å². The summed E-state index contributed by atoms with van der Waals surface area (Å²) in [6, 6.07) is 0.201. The molecule has 0 aliphatic carbocycles. The molecule has 4 heteroatoms. The molecule has 1 saturated heterocycles. The minimum absolute atomic E-state index is 0.0269. The van der Waals surface area contributed by atoms with Crippen LogP contribution < -0.4 is 11.1 Å². The van der Waals surface area contributed by atoms with Crippen LogP contribution in [0.15, 0.2) is 0 Å². The molecular weight excluding hydrogens is 226 g/mol. The second-order valence-electron chi connectivity index (χ2n) is 6.05. The molecule has 106 valence electrons. The Morgan fingerprint density at radius 2 is 2.06 bits per heavy atom. The molecule has 1 heterocycles. The third kappa shape index (κ3) is 4.58. The van der Waals surface area contributed by atoms with Gasteiger partial charge in [0.2, 0.25) is 5.91 Å². The largest absolute Gasteiger partial charge is 0.355 e. The van der Waals surface area contributed by atoms with Crippen molar-refractivity contribution in [2.24, 2.45) is 17.6 Å². The van der Waals surface area contributed by atoms with Gasteiger partial charge in [0.15, 0.2) is 0 Å². The highest BCUT2D eigenvalue weighted by molar-refractivity contribution is 5.81. The van der Waals surface area contributed by atoms with E-state index in [9.17, 15) is 4.79 Å². The highest BCUT2D eigenvalue weighted by Crippen LogP contribution is 2.20. The second kappa shape index (κ2) is 7.10. The Hall–Kier alpha value is -0.610. The van der Waals surface area contributed by atoms with Gasteiger partial charge >= 0.3 is 0 Å². The summed E-state index contributed by atoms with van der Waals surface area (Å²) < 4.78 is 0. The molecule has 3 atom stereocenters. The molecule has 0 aromatic rings. The van der Waals surface area contributed by atoms with Gasteiger partial charge in [-0.2, -0.15) is 0 Å². The summed E-state index contributed by atoms with van der Waals surface area (Å²) in [6.45, 7) is 11.1. The Morgan fingerprint density at radius 1 is 1.39 bits per heavy atom. The lowest BCUT2D eigenvalue weighted by atomic mass is 10.0. The lowest BCUT2D eigenvalue weighted by Gasteiger charge is -2.24. The van der Waals surface area contributed by atoms with Crippen molar-refractivity contribution >= 4 is 5.91 Å². The van der Waals surface area contributed by atoms with E-state index in [-0.39, 0.29) is 18.0 Å². The fourth-order valence-electron chi connectivity index (χ4n) is 2.39. The van der Waals surface area contributed by atoms with Crippen molar-refractivity contribution in [2.75, 3.05) is 19.6 Å². The number of hydrogen-bond donors (Lipinski definition) is 2. The lowest BCUT2D eigenvalue weighted by Crippen LogP contribution is -2.45. The van der Waals surface area contributed by atoms with Gasteiger partial charge in [0.05, 0.1) is 6.04 Å². The predicted molar refractivity (Wildman–Crippen MR) is 75.3 cm³/mol. The van der Waals surface area contributed by atoms with E-state index in [0.29, 0.717) is 11.8 Å². The second-order valence-corrected chi connectivity index (χ2v) is 6.05. The van der Waals surface area contributed by atoms with E-state index in [4.69, 9.17) is 5.73 Å². The smallest absolute Gasteiger partial charge is 0.237 e. The Balaban J connectivity index is 2.31. The van der Waals surface area contributed by atoms with Crippen molar-refractivity contribution in [3.8, 4) is 0 Å². The molecule has 1 aliphatic heterocycles. The summed E-state index contributed by atoms with van der Waals surface area (Å²) in [5, 5.41) is 3.02. The fraction of sp³-hybridized carbons (Fsp3) is 0.929. The summed E-state index contributed by atoms with van der Waals surface area (Å²) in [7, 11) is 0. The molecule has 0 bridgehead atoms. The molecule has 1 rings (SSSR count). The first-order chi connectivity index (χ1) is 8.41. The highest BCUT2D eigenvalue weighted by atomic mass is 16.2. The van der Waals surface area contributed by atoms with E-state index in [0.717, 1.165) is 32.5 Å². The Labute approximate surface area is 111 Å². The Morgan fingerprint density at radius 3 is 2.56 bits per heavy atom. The maximum atomic E-state index is 12.0. The fourth-order valence-corrected chi connectivity index (χ4v) is 2.39. The molecule has 3 N–H and O–H groups in total. The average molecular weight is 255 g/mol. The molecule has 3 unspecified atom stereocenters. The Bertz CT molecular complexity index is 266. The first kappa shape index (κ1) is 15.4. The van der Waals surface area contributed by atoms with E-state index >= 15 is 0 Å². The molecule has 0 spiro atoms. The molecule has 0 radical (unpaired) electrons. The van der Waals surface area contributed by atoms with Crippen molar-refractivity contribution in [3.05, 3.63) is 0 Å². The molecule has 1 fully saturated rings. The number of amides is 1. The number of nitrogens with two attached hydrogens (primary N) is 1. The van der Waals surface area contributed by atoms with Crippen molar-refractivity contribution < 1.29 is 4.79 Å². The van der Waals surface area contributed by atoms with Crippen molar-refractivity contribution in [1.29, 1.82) is 0 Å². The minimum Gasteiger partial charge on any atom is -0.355 e. The van der Waals surface area contributed by atoms with Gasteiger partial charge in [-0.25, -0.2) is 0 Å². The van der Waals surface area contributed by atoms with Gasteiger partial charge in [-0.05, 0) is 45.1 Å². The molecule has 4 nitrogen and oxygen atoms in total. The number of nitrogens with one attached hydrogen (secondary N) is 1. The zero-order valence-electron chi connectivity index (χ0n) is 12.3. The molecule has 0 aromatic carbocycles. The van der Waals surface area contributed by atoms with Crippen LogP contribution in [0.2, 0.25) is 0 Å². The standard InChI is InChI=1S/C14H29N3O/c1-10(2)5-7-16-14(18)12(4)17-8-6-13(9-17)11(3)15/h10-13H,5-9,15H2,1-4H3,(H,16,18). The van der Waals surface area contributed by atoms with Gasteiger partial charge in [0, 0.05) is 19.1 Å². The number of hydrogen-bond acceptors (Lipinski definition) is 3. The third-order valence-corrected chi connectivity index (χ3v) is 3.95. The third-order valence-electron chi connectivity index (χ3n) is 3.95. The van der Waals surface area contributed by atoms with E-state index in [2.05, 4.69) is 31.0 Å². The van der Waals surface area contributed by atoms with Crippen molar-refractivity contribution in [2.45, 2.75) is 52.6 Å². The molecule has 1 aliphatic rings. The maximum absolute atomic E-state index is 12.0. The SMILES string of the molecule is CC(C)CCNC(=O)C(C)N1CCC(C(C)N)C1. The number of carbonyl (C=O) groups is 1. The van der Waals surface area contributed by atoms with Crippen molar-refractivity contribution in [3.63, 3.8) is 0 Å². The van der Waals surface area contributed by atoms with Crippen LogP contribution in [0.25, 0.3) is 0 Å². The molecular formula is C14H29N3O. The molecule has 1 amide bonds. The van der Waals surface area contributed by atoms with Crippen molar-refractivity contribution in [1.82, 2.24) is 10.2 Å². The lowest BCUT2D eigenvalue weighted by molar-refractivity contribution is -0.125. The summed E-state index contributed by atoms with van der Waals surface area (Å²) in [5.41, 5.74) is 5.92. The van der Waals surface area contributed by atoms with E-state index in [1.807, 2.05) is 6.92 Å². The summed E-state index contributed by atoms with van der Waals surface area (Å²) in [6.07, 6.45) is 2.15. The number of nitrogens with zero attached hydrogens (tertiary/aromatic N) is 1. The van der Waals surface area contributed by atoms with Crippen LogP contribution >= 0.6 is 0 Å². The zero-order valence-corrected chi connectivity index (χ0v) is 12.3. The van der Waals surface area contributed by atoms with Gasteiger partial charge in [0.25, 0.3) is 0 Å². The van der Waals surface area contributed by atoms with E-state index < -0.39 is 0 Å². The van der Waals surface area contributed by atoms with Crippen LogP contribution in [0.5, 0.6) is 0 Å². The normalized spacial score (nSPS) is 24.2. The van der Waals surface area contributed by atoms with Gasteiger partial charge in [-0.3, -0.25) is 9.69 Å². The maximum Gasteiger partial charge on any atom is 0.237 e. The van der Waals surface area contributed by atoms with Crippen LogP contribution in [-0.4, -0.2) is 42.5 Å².